The van der Waals surface area contributed by atoms with Crippen molar-refractivity contribution in [2.24, 2.45) is 0 Å². The molecule has 7 heteroatoms. The fraction of sp³-hybridized carbons (Fsp3) is 0.300. The minimum atomic E-state index is -2.89. The number of pyridine rings is 1. The van der Waals surface area contributed by atoms with Crippen LogP contribution in [0.5, 0.6) is 0 Å². The van der Waals surface area contributed by atoms with Gasteiger partial charge in [-0.2, -0.15) is 5.26 Å². The highest BCUT2D eigenvalue weighted by molar-refractivity contribution is 9.10. The van der Waals surface area contributed by atoms with E-state index in [1.165, 1.54) is 0 Å². The van der Waals surface area contributed by atoms with Gasteiger partial charge in [-0.25, -0.2) is 18.6 Å². The maximum absolute atomic E-state index is 12.8. The van der Waals surface area contributed by atoms with Gasteiger partial charge in [0.25, 0.3) is 6.43 Å². The molecule has 0 fully saturated rings. The molecule has 0 saturated carbocycles. The number of hydrogen-bond donors (Lipinski definition) is 0. The number of halogens is 3. The van der Waals surface area contributed by atoms with E-state index in [0.29, 0.717) is 0 Å². The molecule has 0 spiro atoms. The van der Waals surface area contributed by atoms with Gasteiger partial charge in [-0.15, -0.1) is 0 Å². The van der Waals surface area contributed by atoms with E-state index < -0.39 is 18.0 Å². The number of rotatable bonds is 3. The second-order valence-corrected chi connectivity index (χ2v) is 3.64. The first kappa shape index (κ1) is 13.5. The van der Waals surface area contributed by atoms with E-state index in [-0.39, 0.29) is 22.5 Å². The van der Waals surface area contributed by atoms with Crippen LogP contribution < -0.4 is 0 Å². The van der Waals surface area contributed by atoms with Crippen molar-refractivity contribution in [1.29, 1.82) is 5.26 Å². The lowest BCUT2D eigenvalue weighted by atomic mass is 10.1. The summed E-state index contributed by atoms with van der Waals surface area (Å²) < 4.78 is 29.9. The third-order valence-electron chi connectivity index (χ3n) is 1.84. The van der Waals surface area contributed by atoms with Crippen molar-refractivity contribution < 1.29 is 18.3 Å². The lowest BCUT2D eigenvalue weighted by Gasteiger charge is -2.09. The number of nitriles is 1. The molecule has 0 radical (unpaired) electrons. The highest BCUT2D eigenvalue weighted by Gasteiger charge is 2.24. The average molecular weight is 305 g/mol. The van der Waals surface area contributed by atoms with Gasteiger partial charge in [0.1, 0.15) is 16.4 Å². The Hall–Kier alpha value is -1.55. The van der Waals surface area contributed by atoms with Crippen LogP contribution in [0.15, 0.2) is 10.7 Å². The van der Waals surface area contributed by atoms with Crippen LogP contribution >= 0.6 is 15.9 Å². The van der Waals surface area contributed by atoms with E-state index in [2.05, 4.69) is 25.7 Å². The van der Waals surface area contributed by atoms with Crippen LogP contribution in [0.1, 0.15) is 35.0 Å². The highest BCUT2D eigenvalue weighted by Crippen LogP contribution is 2.30. The van der Waals surface area contributed by atoms with Crippen molar-refractivity contribution >= 4 is 21.9 Å². The van der Waals surface area contributed by atoms with Crippen molar-refractivity contribution in [1.82, 2.24) is 4.98 Å². The zero-order valence-corrected chi connectivity index (χ0v) is 10.3. The van der Waals surface area contributed by atoms with Crippen LogP contribution in [0.25, 0.3) is 0 Å². The lowest BCUT2D eigenvalue weighted by molar-refractivity contribution is 0.0514. The first-order chi connectivity index (χ1) is 8.01. The van der Waals surface area contributed by atoms with Crippen molar-refractivity contribution in [2.45, 2.75) is 13.3 Å². The van der Waals surface area contributed by atoms with E-state index >= 15 is 0 Å². The summed E-state index contributed by atoms with van der Waals surface area (Å²) in [5.41, 5.74) is -1.05. The molecular weight excluding hydrogens is 298 g/mol. The zero-order valence-electron chi connectivity index (χ0n) is 8.71. The van der Waals surface area contributed by atoms with Crippen molar-refractivity contribution in [3.8, 4) is 6.07 Å². The summed E-state index contributed by atoms with van der Waals surface area (Å²) in [5.74, 6) is -0.901. The van der Waals surface area contributed by atoms with Gasteiger partial charge in [0.15, 0.2) is 0 Å². The van der Waals surface area contributed by atoms with Crippen LogP contribution in [0.2, 0.25) is 0 Å². The number of ether oxygens (including phenoxy) is 1. The molecule has 0 aliphatic rings. The molecule has 0 aliphatic heterocycles. The van der Waals surface area contributed by atoms with Crippen LogP contribution in [-0.4, -0.2) is 17.6 Å². The Morgan fingerprint density at radius 1 is 1.71 bits per heavy atom. The van der Waals surface area contributed by atoms with E-state index in [9.17, 15) is 13.6 Å². The molecular formula is C10H7BrF2N2O2. The second kappa shape index (κ2) is 5.68. The Bertz CT molecular complexity index is 486. The smallest absolute Gasteiger partial charge is 0.338 e. The SMILES string of the molecule is CCOC(=O)c1cc(C#N)nc(Br)c1C(F)F. The summed E-state index contributed by atoms with van der Waals surface area (Å²) in [6.45, 7) is 1.62. The van der Waals surface area contributed by atoms with E-state index in [1.807, 2.05) is 0 Å². The fourth-order valence-electron chi connectivity index (χ4n) is 1.17. The Labute approximate surface area is 104 Å². The van der Waals surface area contributed by atoms with E-state index in [4.69, 9.17) is 5.26 Å². The van der Waals surface area contributed by atoms with Gasteiger partial charge >= 0.3 is 5.97 Å². The van der Waals surface area contributed by atoms with Gasteiger partial charge in [-0.1, -0.05) is 0 Å². The van der Waals surface area contributed by atoms with Crippen LogP contribution in [0.4, 0.5) is 8.78 Å². The number of esters is 1. The number of alkyl halides is 2. The Morgan fingerprint density at radius 3 is 2.82 bits per heavy atom. The molecule has 0 saturated heterocycles. The zero-order chi connectivity index (χ0) is 13.0. The molecule has 1 aromatic heterocycles. The maximum atomic E-state index is 12.8. The molecule has 0 aliphatic carbocycles. The van der Waals surface area contributed by atoms with E-state index in [1.54, 1.807) is 13.0 Å². The molecule has 0 aromatic carbocycles. The first-order valence-electron chi connectivity index (χ1n) is 4.57. The van der Waals surface area contributed by atoms with Crippen molar-refractivity contribution in [2.75, 3.05) is 6.61 Å². The van der Waals surface area contributed by atoms with Crippen LogP contribution in [0, 0.1) is 11.3 Å². The third kappa shape index (κ3) is 2.97. The summed E-state index contributed by atoms with van der Waals surface area (Å²) >= 11 is 2.81. The minimum Gasteiger partial charge on any atom is -0.462 e. The molecule has 17 heavy (non-hydrogen) atoms. The van der Waals surface area contributed by atoms with Crippen molar-refractivity contribution in [3.05, 3.63) is 27.5 Å². The minimum absolute atomic E-state index is 0.0589. The number of carbonyl (C=O) groups excluding carboxylic acids is 1. The monoisotopic (exact) mass is 304 g/mol. The molecule has 1 rings (SSSR count). The predicted octanol–water partition coefficient (Wildman–Crippen LogP) is 2.83. The quantitative estimate of drug-likeness (QED) is 0.636. The summed E-state index contributed by atoms with van der Waals surface area (Å²) in [6.07, 6.45) is -2.89. The highest BCUT2D eigenvalue weighted by atomic mass is 79.9. The standard InChI is InChI=1S/C10H7BrF2N2O2/c1-2-17-10(16)6-3-5(4-14)15-8(11)7(6)9(12)13/h3,9H,2H2,1H3. The Balaban J connectivity index is 3.38. The second-order valence-electron chi connectivity index (χ2n) is 2.89. The average Bonchev–Trinajstić information content (AvgIpc) is 2.27. The molecule has 90 valence electrons. The van der Waals surface area contributed by atoms with Crippen molar-refractivity contribution in [3.63, 3.8) is 0 Å². The van der Waals surface area contributed by atoms with Gasteiger partial charge in [0.05, 0.1) is 17.7 Å². The molecule has 0 unspecified atom stereocenters. The molecule has 0 atom stereocenters. The maximum Gasteiger partial charge on any atom is 0.338 e. The first-order valence-corrected chi connectivity index (χ1v) is 5.36. The normalized spacial score (nSPS) is 10.1. The molecule has 1 aromatic rings. The summed E-state index contributed by atoms with van der Waals surface area (Å²) in [7, 11) is 0. The van der Waals surface area contributed by atoms with Gasteiger partial charge in [0, 0.05) is 0 Å². The molecule has 4 nitrogen and oxygen atoms in total. The number of carbonyl (C=O) groups is 1. The number of aromatic nitrogens is 1. The third-order valence-corrected chi connectivity index (χ3v) is 2.44. The van der Waals surface area contributed by atoms with Crippen LogP contribution in [-0.2, 0) is 4.74 Å². The van der Waals surface area contributed by atoms with E-state index in [0.717, 1.165) is 6.07 Å². The summed E-state index contributed by atoms with van der Waals surface area (Å²) in [6, 6.07) is 2.67. The topological polar surface area (TPSA) is 63.0 Å². The van der Waals surface area contributed by atoms with Gasteiger partial charge in [-0.3, -0.25) is 0 Å². The lowest BCUT2D eigenvalue weighted by Crippen LogP contribution is -2.11. The number of hydrogen-bond acceptors (Lipinski definition) is 4. The molecule has 1 heterocycles. The van der Waals surface area contributed by atoms with Crippen LogP contribution in [0.3, 0.4) is 0 Å². The van der Waals surface area contributed by atoms with Gasteiger partial charge in [-0.05, 0) is 28.9 Å². The summed E-state index contributed by atoms with van der Waals surface area (Å²) in [5, 5.41) is 8.65. The summed E-state index contributed by atoms with van der Waals surface area (Å²) in [4.78, 5) is 15.1. The predicted molar refractivity (Wildman–Crippen MR) is 57.6 cm³/mol. The number of nitrogens with zero attached hydrogens (tertiary/aromatic N) is 2. The molecule has 0 amide bonds. The Morgan fingerprint density at radius 2 is 2.35 bits per heavy atom. The molecule has 0 bridgehead atoms. The Kier molecular flexibility index (Phi) is 4.52. The van der Waals surface area contributed by atoms with Gasteiger partial charge < -0.3 is 4.74 Å². The molecule has 0 N–H and O–H groups in total. The largest absolute Gasteiger partial charge is 0.462 e. The van der Waals surface area contributed by atoms with Gasteiger partial charge in [0.2, 0.25) is 0 Å². The fourth-order valence-corrected chi connectivity index (χ4v) is 1.74.